The molecule has 3 N–H and O–H groups in total. The van der Waals surface area contributed by atoms with Gasteiger partial charge in [0.2, 0.25) is 5.91 Å². The zero-order valence-electron chi connectivity index (χ0n) is 13.2. The molecule has 0 radical (unpaired) electrons. The van der Waals surface area contributed by atoms with Crippen LogP contribution >= 0.6 is 23.2 Å². The molecule has 0 aliphatic carbocycles. The van der Waals surface area contributed by atoms with Crippen LogP contribution in [0.5, 0.6) is 0 Å². The van der Waals surface area contributed by atoms with Gasteiger partial charge in [-0.15, -0.1) is 0 Å². The fourth-order valence-corrected chi connectivity index (χ4v) is 2.98. The lowest BCUT2D eigenvalue weighted by atomic mass is 9.98. The van der Waals surface area contributed by atoms with Crippen molar-refractivity contribution in [3.8, 4) is 0 Å². The quantitative estimate of drug-likeness (QED) is 0.738. The van der Waals surface area contributed by atoms with E-state index in [1.807, 2.05) is 0 Å². The van der Waals surface area contributed by atoms with E-state index in [1.54, 1.807) is 0 Å². The first-order chi connectivity index (χ1) is 12.3. The van der Waals surface area contributed by atoms with Gasteiger partial charge in [-0.1, -0.05) is 35.3 Å². The predicted octanol–water partition coefficient (Wildman–Crippen LogP) is 3.16. The Labute approximate surface area is 157 Å². The van der Waals surface area contributed by atoms with E-state index in [0.717, 1.165) is 0 Å². The lowest BCUT2D eigenvalue weighted by Gasteiger charge is -2.22. The summed E-state index contributed by atoms with van der Waals surface area (Å²) < 4.78 is 27.0. The van der Waals surface area contributed by atoms with E-state index in [4.69, 9.17) is 23.2 Å². The minimum atomic E-state index is -0.767. The summed E-state index contributed by atoms with van der Waals surface area (Å²) in [4.78, 5) is 23.7. The minimum absolute atomic E-state index is 0.120. The summed E-state index contributed by atoms with van der Waals surface area (Å²) in [6.45, 7) is 0.131. The Balaban J connectivity index is 1.95. The van der Waals surface area contributed by atoms with Gasteiger partial charge in [0.05, 0.1) is 16.1 Å². The maximum absolute atomic E-state index is 13.5. The highest BCUT2D eigenvalue weighted by Crippen LogP contribution is 2.28. The molecule has 26 heavy (non-hydrogen) atoms. The van der Waals surface area contributed by atoms with Crippen LogP contribution in [-0.4, -0.2) is 24.5 Å². The molecule has 1 atom stereocenters. The molecule has 1 aliphatic heterocycles. The number of urea groups is 1. The number of hydrogen-bond acceptors (Lipinski definition) is 2. The molecule has 2 aromatic carbocycles. The van der Waals surface area contributed by atoms with E-state index in [-0.39, 0.29) is 16.6 Å². The molecule has 0 saturated carbocycles. The fraction of sp³-hybridized carbons (Fsp3) is 0.176. The first-order valence-corrected chi connectivity index (χ1v) is 8.35. The molecule has 3 rings (SSSR count). The van der Waals surface area contributed by atoms with Crippen LogP contribution < -0.4 is 16.0 Å². The van der Waals surface area contributed by atoms with Gasteiger partial charge >= 0.3 is 6.03 Å². The topological polar surface area (TPSA) is 70.2 Å². The average Bonchev–Trinajstić information content (AvgIpc) is 3.04. The van der Waals surface area contributed by atoms with Crippen molar-refractivity contribution in [2.24, 2.45) is 0 Å². The highest BCUT2D eigenvalue weighted by molar-refractivity contribution is 6.31. The predicted molar refractivity (Wildman–Crippen MR) is 93.1 cm³/mol. The van der Waals surface area contributed by atoms with Crippen molar-refractivity contribution in [1.29, 1.82) is 0 Å². The van der Waals surface area contributed by atoms with Crippen LogP contribution in [0.3, 0.4) is 0 Å². The zero-order chi connectivity index (χ0) is 18.8. The molecular formula is C17H13Cl2F2N3O2. The molecule has 2 aromatic rings. The van der Waals surface area contributed by atoms with Crippen LogP contribution in [0, 0.1) is 11.6 Å². The summed E-state index contributed by atoms with van der Waals surface area (Å²) in [7, 11) is 0. The molecule has 1 fully saturated rings. The van der Waals surface area contributed by atoms with Crippen molar-refractivity contribution < 1.29 is 18.4 Å². The molecule has 136 valence electrons. The average molecular weight is 400 g/mol. The van der Waals surface area contributed by atoms with Crippen LogP contribution in [0.4, 0.5) is 13.6 Å². The first kappa shape index (κ1) is 18.4. The highest BCUT2D eigenvalue weighted by atomic mass is 35.5. The van der Waals surface area contributed by atoms with E-state index in [9.17, 15) is 18.4 Å². The Morgan fingerprint density at radius 1 is 1.08 bits per heavy atom. The lowest BCUT2D eigenvalue weighted by Crippen LogP contribution is -2.44. The normalized spacial score (nSPS) is 16.3. The standard InChI is InChI=1S/C17H13Cl2F2N3O2/c18-10-5-8(1-3-12(10)20)15(9-2-4-13(21)11(19)6-9)24-16(25)14-7-22-17(26)23-14/h1-6,14-15H,7H2,(H,24,25)(H2,22,23,26)/t14-/m0/s1. The van der Waals surface area contributed by atoms with Gasteiger partial charge in [0, 0.05) is 6.54 Å². The number of nitrogens with one attached hydrogen (secondary N) is 3. The van der Waals surface area contributed by atoms with Crippen molar-refractivity contribution in [1.82, 2.24) is 16.0 Å². The molecule has 5 nitrogen and oxygen atoms in total. The molecule has 0 spiro atoms. The van der Waals surface area contributed by atoms with Crippen LogP contribution in [0.25, 0.3) is 0 Å². The number of halogens is 4. The van der Waals surface area contributed by atoms with E-state index < -0.39 is 35.7 Å². The van der Waals surface area contributed by atoms with Gasteiger partial charge in [-0.25, -0.2) is 13.6 Å². The fourth-order valence-electron chi connectivity index (χ4n) is 2.60. The van der Waals surface area contributed by atoms with Gasteiger partial charge < -0.3 is 16.0 Å². The Morgan fingerprint density at radius 2 is 1.62 bits per heavy atom. The molecular weight excluding hydrogens is 387 g/mol. The molecule has 0 unspecified atom stereocenters. The Bertz CT molecular complexity index is 828. The molecule has 3 amide bonds. The third-order valence-electron chi connectivity index (χ3n) is 3.93. The first-order valence-electron chi connectivity index (χ1n) is 7.60. The van der Waals surface area contributed by atoms with Crippen LogP contribution in [0.15, 0.2) is 36.4 Å². The largest absolute Gasteiger partial charge is 0.343 e. The third-order valence-corrected chi connectivity index (χ3v) is 4.51. The van der Waals surface area contributed by atoms with Gasteiger partial charge in [0.25, 0.3) is 0 Å². The molecule has 1 aliphatic rings. The summed E-state index contributed by atoms with van der Waals surface area (Å²) in [6.07, 6.45) is 0. The van der Waals surface area contributed by atoms with Crippen molar-refractivity contribution in [3.63, 3.8) is 0 Å². The summed E-state index contributed by atoms with van der Waals surface area (Å²) in [5, 5.41) is 7.46. The van der Waals surface area contributed by atoms with Gasteiger partial charge in [0.1, 0.15) is 17.7 Å². The SMILES string of the molecule is O=C1NC[C@@H](C(=O)NC(c2ccc(F)c(Cl)c2)c2ccc(F)c(Cl)c2)N1. The van der Waals surface area contributed by atoms with E-state index in [2.05, 4.69) is 16.0 Å². The molecule has 9 heteroatoms. The maximum Gasteiger partial charge on any atom is 0.315 e. The highest BCUT2D eigenvalue weighted by Gasteiger charge is 2.29. The van der Waals surface area contributed by atoms with Crippen molar-refractivity contribution in [2.45, 2.75) is 12.1 Å². The van der Waals surface area contributed by atoms with E-state index >= 15 is 0 Å². The summed E-state index contributed by atoms with van der Waals surface area (Å²) >= 11 is 11.7. The molecule has 1 heterocycles. The zero-order valence-corrected chi connectivity index (χ0v) is 14.7. The summed E-state index contributed by atoms with van der Waals surface area (Å²) in [6, 6.07) is 5.99. The Hall–Kier alpha value is -2.38. The van der Waals surface area contributed by atoms with Crippen LogP contribution in [0.1, 0.15) is 17.2 Å². The Morgan fingerprint density at radius 3 is 2.04 bits per heavy atom. The Kier molecular flexibility index (Phi) is 5.29. The van der Waals surface area contributed by atoms with Gasteiger partial charge in [-0.2, -0.15) is 0 Å². The second kappa shape index (κ2) is 7.47. The summed E-state index contributed by atoms with van der Waals surface area (Å²) in [5.74, 6) is -1.68. The second-order valence-electron chi connectivity index (χ2n) is 5.70. The number of amides is 3. The third kappa shape index (κ3) is 3.89. The number of hydrogen-bond donors (Lipinski definition) is 3. The monoisotopic (exact) mass is 399 g/mol. The van der Waals surface area contributed by atoms with Crippen LogP contribution in [0.2, 0.25) is 10.0 Å². The maximum atomic E-state index is 13.5. The number of carbonyl (C=O) groups excluding carboxylic acids is 2. The van der Waals surface area contributed by atoms with Gasteiger partial charge in [-0.05, 0) is 35.4 Å². The van der Waals surface area contributed by atoms with Crippen LogP contribution in [-0.2, 0) is 4.79 Å². The second-order valence-corrected chi connectivity index (χ2v) is 6.51. The number of carbonyl (C=O) groups is 2. The molecule has 0 aromatic heterocycles. The van der Waals surface area contributed by atoms with Crippen molar-refractivity contribution >= 4 is 35.1 Å². The van der Waals surface area contributed by atoms with Gasteiger partial charge in [0.15, 0.2) is 0 Å². The van der Waals surface area contributed by atoms with Gasteiger partial charge in [-0.3, -0.25) is 4.79 Å². The smallest absolute Gasteiger partial charge is 0.315 e. The minimum Gasteiger partial charge on any atom is -0.343 e. The number of rotatable bonds is 4. The van der Waals surface area contributed by atoms with Crippen molar-refractivity contribution in [2.75, 3.05) is 6.54 Å². The number of benzene rings is 2. The molecule has 0 bridgehead atoms. The summed E-state index contributed by atoms with van der Waals surface area (Å²) in [5.41, 5.74) is 0.953. The van der Waals surface area contributed by atoms with Crippen molar-refractivity contribution in [3.05, 3.63) is 69.2 Å². The lowest BCUT2D eigenvalue weighted by molar-refractivity contribution is -0.122. The van der Waals surface area contributed by atoms with E-state index in [1.165, 1.54) is 36.4 Å². The molecule has 1 saturated heterocycles. The van der Waals surface area contributed by atoms with E-state index in [0.29, 0.717) is 11.1 Å².